The molecule has 1 saturated carbocycles. The standard InChI is InChI=1S/C15H16Cl2N2O2/c16-11-4-3-10(8-12(11)17)15(5-6-15)18-13(20)9-19-7-1-2-14(19)21/h3-4,8H,1-2,5-7,9H2,(H,18,20). The topological polar surface area (TPSA) is 49.4 Å². The fraction of sp³-hybridized carbons (Fsp3) is 0.467. The van der Waals surface area contributed by atoms with Crippen molar-refractivity contribution in [3.63, 3.8) is 0 Å². The lowest BCUT2D eigenvalue weighted by Gasteiger charge is -2.21. The van der Waals surface area contributed by atoms with Gasteiger partial charge in [0.05, 0.1) is 22.1 Å². The van der Waals surface area contributed by atoms with E-state index in [2.05, 4.69) is 5.32 Å². The SMILES string of the molecule is O=C(CN1CCCC1=O)NC1(c2ccc(Cl)c(Cl)c2)CC1. The van der Waals surface area contributed by atoms with E-state index >= 15 is 0 Å². The Bertz CT molecular complexity index is 599. The third-order valence-corrected chi connectivity index (χ3v) is 4.85. The Kier molecular flexibility index (Phi) is 3.84. The largest absolute Gasteiger partial charge is 0.345 e. The summed E-state index contributed by atoms with van der Waals surface area (Å²) in [6.07, 6.45) is 3.14. The smallest absolute Gasteiger partial charge is 0.240 e. The summed E-state index contributed by atoms with van der Waals surface area (Å²) in [5.41, 5.74) is 0.631. The van der Waals surface area contributed by atoms with E-state index in [0.717, 1.165) is 24.8 Å². The number of carbonyl (C=O) groups excluding carboxylic acids is 2. The summed E-state index contributed by atoms with van der Waals surface area (Å²) in [5, 5.41) is 4.04. The molecule has 0 bridgehead atoms. The van der Waals surface area contributed by atoms with Crippen LogP contribution in [0.2, 0.25) is 10.0 Å². The van der Waals surface area contributed by atoms with E-state index in [4.69, 9.17) is 23.2 Å². The first kappa shape index (κ1) is 14.7. The minimum atomic E-state index is -0.339. The van der Waals surface area contributed by atoms with Gasteiger partial charge in [-0.05, 0) is 37.0 Å². The highest BCUT2D eigenvalue weighted by molar-refractivity contribution is 6.42. The van der Waals surface area contributed by atoms with Gasteiger partial charge >= 0.3 is 0 Å². The number of amides is 2. The summed E-state index contributed by atoms with van der Waals surface area (Å²) in [5.74, 6) is -0.0571. The Balaban J connectivity index is 1.67. The lowest BCUT2D eigenvalue weighted by Crippen LogP contribution is -2.42. The zero-order valence-corrected chi connectivity index (χ0v) is 13.0. The fourth-order valence-electron chi connectivity index (χ4n) is 2.76. The van der Waals surface area contributed by atoms with Gasteiger partial charge in [0, 0.05) is 13.0 Å². The van der Waals surface area contributed by atoms with E-state index in [1.54, 1.807) is 17.0 Å². The second-order valence-corrected chi connectivity index (χ2v) is 6.49. The molecule has 1 N–H and O–H groups in total. The molecule has 1 aromatic carbocycles. The molecule has 0 aromatic heterocycles. The van der Waals surface area contributed by atoms with Crippen molar-refractivity contribution in [2.24, 2.45) is 0 Å². The molecule has 2 fully saturated rings. The van der Waals surface area contributed by atoms with Crippen LogP contribution in [0.1, 0.15) is 31.2 Å². The van der Waals surface area contributed by atoms with Crippen LogP contribution < -0.4 is 5.32 Å². The summed E-state index contributed by atoms with van der Waals surface area (Å²) < 4.78 is 0. The molecule has 112 valence electrons. The van der Waals surface area contributed by atoms with Crippen molar-refractivity contribution in [3.8, 4) is 0 Å². The number of benzene rings is 1. The molecule has 0 radical (unpaired) electrons. The third kappa shape index (κ3) is 3.01. The molecular weight excluding hydrogens is 311 g/mol. The van der Waals surface area contributed by atoms with Gasteiger partial charge in [0.15, 0.2) is 0 Å². The summed E-state index contributed by atoms with van der Waals surface area (Å²) in [6, 6.07) is 5.44. The lowest BCUT2D eigenvalue weighted by molar-refractivity contribution is -0.133. The van der Waals surface area contributed by atoms with Crippen molar-refractivity contribution < 1.29 is 9.59 Å². The Morgan fingerprint density at radius 2 is 2.05 bits per heavy atom. The first-order valence-corrected chi connectivity index (χ1v) is 7.80. The quantitative estimate of drug-likeness (QED) is 0.924. The van der Waals surface area contributed by atoms with Crippen molar-refractivity contribution in [3.05, 3.63) is 33.8 Å². The molecule has 0 atom stereocenters. The van der Waals surface area contributed by atoms with E-state index in [-0.39, 0.29) is 23.9 Å². The summed E-state index contributed by atoms with van der Waals surface area (Å²) in [6.45, 7) is 0.813. The highest BCUT2D eigenvalue weighted by Gasteiger charge is 2.46. The van der Waals surface area contributed by atoms with Crippen molar-refractivity contribution in [2.45, 2.75) is 31.2 Å². The van der Waals surface area contributed by atoms with E-state index < -0.39 is 0 Å². The third-order valence-electron chi connectivity index (χ3n) is 4.11. The second kappa shape index (κ2) is 5.50. The zero-order valence-electron chi connectivity index (χ0n) is 11.5. The van der Waals surface area contributed by atoms with Crippen LogP contribution in [0, 0.1) is 0 Å². The molecule has 3 rings (SSSR count). The van der Waals surface area contributed by atoms with Gasteiger partial charge in [0.1, 0.15) is 0 Å². The zero-order chi connectivity index (χ0) is 15.0. The van der Waals surface area contributed by atoms with Gasteiger partial charge in [-0.2, -0.15) is 0 Å². The highest BCUT2D eigenvalue weighted by Crippen LogP contribution is 2.46. The number of rotatable bonds is 4. The molecule has 0 unspecified atom stereocenters. The van der Waals surface area contributed by atoms with Gasteiger partial charge in [-0.15, -0.1) is 0 Å². The van der Waals surface area contributed by atoms with Crippen LogP contribution in [0.15, 0.2) is 18.2 Å². The maximum absolute atomic E-state index is 12.2. The molecular formula is C15H16Cl2N2O2. The predicted molar refractivity (Wildman–Crippen MR) is 81.3 cm³/mol. The summed E-state index contributed by atoms with van der Waals surface area (Å²) >= 11 is 12.0. The van der Waals surface area contributed by atoms with Crippen LogP contribution in [0.3, 0.4) is 0 Å². The molecule has 1 aliphatic carbocycles. The lowest BCUT2D eigenvalue weighted by atomic mass is 10.0. The van der Waals surface area contributed by atoms with Crippen LogP contribution in [0.5, 0.6) is 0 Å². The average molecular weight is 327 g/mol. The van der Waals surface area contributed by atoms with Crippen LogP contribution in [-0.4, -0.2) is 29.8 Å². The number of hydrogen-bond donors (Lipinski definition) is 1. The van der Waals surface area contributed by atoms with Gasteiger partial charge in [-0.3, -0.25) is 9.59 Å². The molecule has 4 nitrogen and oxygen atoms in total. The summed E-state index contributed by atoms with van der Waals surface area (Å²) in [7, 11) is 0. The van der Waals surface area contributed by atoms with E-state index in [0.29, 0.717) is 23.0 Å². The maximum atomic E-state index is 12.2. The number of halogens is 2. The maximum Gasteiger partial charge on any atom is 0.240 e. The minimum Gasteiger partial charge on any atom is -0.345 e. The molecule has 6 heteroatoms. The molecule has 1 saturated heterocycles. The fourth-order valence-corrected chi connectivity index (χ4v) is 3.05. The van der Waals surface area contributed by atoms with Gasteiger partial charge in [-0.25, -0.2) is 0 Å². The van der Waals surface area contributed by atoms with E-state index in [9.17, 15) is 9.59 Å². The molecule has 2 amide bonds. The Hall–Kier alpha value is -1.26. The second-order valence-electron chi connectivity index (χ2n) is 5.68. The van der Waals surface area contributed by atoms with Crippen LogP contribution in [-0.2, 0) is 15.1 Å². The van der Waals surface area contributed by atoms with Crippen LogP contribution in [0.25, 0.3) is 0 Å². The van der Waals surface area contributed by atoms with Crippen molar-refractivity contribution in [1.29, 1.82) is 0 Å². The summed E-state index contributed by atoms with van der Waals surface area (Å²) in [4.78, 5) is 25.3. The van der Waals surface area contributed by atoms with Crippen LogP contribution in [0.4, 0.5) is 0 Å². The predicted octanol–water partition coefficient (Wildman–Crippen LogP) is 2.72. The number of nitrogens with one attached hydrogen (secondary N) is 1. The molecule has 2 aliphatic rings. The Labute approximate surface area is 133 Å². The molecule has 1 heterocycles. The number of likely N-dealkylation sites (tertiary alicyclic amines) is 1. The number of nitrogens with zero attached hydrogens (tertiary/aromatic N) is 1. The number of carbonyl (C=O) groups is 2. The van der Waals surface area contributed by atoms with E-state index in [1.807, 2.05) is 6.07 Å². The molecule has 1 aliphatic heterocycles. The van der Waals surface area contributed by atoms with Gasteiger partial charge in [0.25, 0.3) is 0 Å². The van der Waals surface area contributed by atoms with Gasteiger partial charge in [0.2, 0.25) is 11.8 Å². The first-order chi connectivity index (χ1) is 10.00. The molecule has 0 spiro atoms. The van der Waals surface area contributed by atoms with E-state index in [1.165, 1.54) is 0 Å². The van der Waals surface area contributed by atoms with Crippen molar-refractivity contribution in [1.82, 2.24) is 10.2 Å². The highest BCUT2D eigenvalue weighted by atomic mass is 35.5. The first-order valence-electron chi connectivity index (χ1n) is 7.04. The monoisotopic (exact) mass is 326 g/mol. The number of hydrogen-bond acceptors (Lipinski definition) is 2. The molecule has 21 heavy (non-hydrogen) atoms. The minimum absolute atomic E-state index is 0.0598. The van der Waals surface area contributed by atoms with Gasteiger partial charge < -0.3 is 10.2 Å². The van der Waals surface area contributed by atoms with Crippen LogP contribution >= 0.6 is 23.2 Å². The Morgan fingerprint density at radius 3 is 2.62 bits per heavy atom. The average Bonchev–Trinajstić information content (AvgIpc) is 3.11. The molecule has 1 aromatic rings. The van der Waals surface area contributed by atoms with Crippen molar-refractivity contribution in [2.75, 3.05) is 13.1 Å². The van der Waals surface area contributed by atoms with Gasteiger partial charge in [-0.1, -0.05) is 29.3 Å². The van der Waals surface area contributed by atoms with Crippen molar-refractivity contribution >= 4 is 35.0 Å². The normalized spacial score (nSPS) is 19.7. The Morgan fingerprint density at radius 1 is 1.29 bits per heavy atom.